The number of hydrogen-bond acceptors (Lipinski definition) is 5. The molecule has 1 aromatic rings. The third-order valence-electron chi connectivity index (χ3n) is 2.61. The molecule has 1 saturated heterocycles. The van der Waals surface area contributed by atoms with Crippen LogP contribution in [0.1, 0.15) is 12.8 Å². The normalized spacial score (nSPS) is 23.2. The summed E-state index contributed by atoms with van der Waals surface area (Å²) < 4.78 is 23.1. The summed E-state index contributed by atoms with van der Waals surface area (Å²) in [6, 6.07) is 1.57. The number of rotatable bonds is 3. The molecular weight excluding hydrogens is 250 g/mol. The molecular formula is C9H12ClN3O2S. The zero-order valence-electron chi connectivity index (χ0n) is 8.56. The highest BCUT2D eigenvalue weighted by Gasteiger charge is 2.30. The van der Waals surface area contributed by atoms with Gasteiger partial charge < -0.3 is 5.32 Å². The van der Waals surface area contributed by atoms with Crippen molar-refractivity contribution < 1.29 is 8.42 Å². The third kappa shape index (κ3) is 2.62. The van der Waals surface area contributed by atoms with E-state index in [1.807, 2.05) is 0 Å². The maximum atomic E-state index is 11.6. The van der Waals surface area contributed by atoms with Gasteiger partial charge in [-0.2, -0.15) is 0 Å². The maximum absolute atomic E-state index is 11.6. The average molecular weight is 262 g/mol. The first kappa shape index (κ1) is 11.6. The fourth-order valence-electron chi connectivity index (χ4n) is 1.74. The predicted octanol–water partition coefficient (Wildman–Crippen LogP) is 1.12. The number of nitrogens with zero attached hydrogens (tertiary/aromatic N) is 2. The number of nitrogens with one attached hydrogen (secondary N) is 1. The van der Waals surface area contributed by atoms with Gasteiger partial charge in [0, 0.05) is 12.6 Å². The highest BCUT2D eigenvalue weighted by Crippen LogP contribution is 2.20. The van der Waals surface area contributed by atoms with Gasteiger partial charge in [-0.25, -0.2) is 18.4 Å². The molecule has 0 radical (unpaired) electrons. The van der Waals surface area contributed by atoms with Gasteiger partial charge in [0.25, 0.3) is 0 Å². The number of anilines is 1. The Morgan fingerprint density at radius 2 is 2.31 bits per heavy atom. The fraction of sp³-hybridized carbons (Fsp3) is 0.556. The smallest absolute Gasteiger partial charge is 0.154 e. The van der Waals surface area contributed by atoms with Gasteiger partial charge in [-0.1, -0.05) is 11.6 Å². The molecule has 2 heterocycles. The number of halogens is 1. The summed E-state index contributed by atoms with van der Waals surface area (Å²) in [7, 11) is -2.91. The Labute approximate surface area is 99.2 Å². The first-order valence-corrected chi connectivity index (χ1v) is 7.10. The molecule has 0 spiro atoms. The summed E-state index contributed by atoms with van der Waals surface area (Å²) in [4.78, 5) is 7.69. The minimum atomic E-state index is -2.91. The second kappa shape index (κ2) is 4.55. The van der Waals surface area contributed by atoms with Crippen LogP contribution < -0.4 is 5.32 Å². The summed E-state index contributed by atoms with van der Waals surface area (Å²) in [5.74, 6) is 0.853. The second-order valence-electron chi connectivity index (χ2n) is 3.74. The lowest BCUT2D eigenvalue weighted by atomic mass is 10.2. The molecule has 0 aliphatic carbocycles. The van der Waals surface area contributed by atoms with Gasteiger partial charge in [0.2, 0.25) is 0 Å². The van der Waals surface area contributed by atoms with Crippen molar-refractivity contribution in [3.8, 4) is 0 Å². The second-order valence-corrected chi connectivity index (χ2v) is 6.53. The molecule has 1 aromatic heterocycles. The van der Waals surface area contributed by atoms with Crippen LogP contribution in [-0.4, -0.2) is 35.9 Å². The van der Waals surface area contributed by atoms with E-state index in [-0.39, 0.29) is 5.25 Å². The quantitative estimate of drug-likeness (QED) is 0.826. The van der Waals surface area contributed by atoms with Crippen LogP contribution in [0.4, 0.5) is 5.82 Å². The van der Waals surface area contributed by atoms with E-state index in [1.54, 1.807) is 6.07 Å². The molecule has 1 aliphatic rings. The van der Waals surface area contributed by atoms with Crippen molar-refractivity contribution in [3.05, 3.63) is 17.5 Å². The lowest BCUT2D eigenvalue weighted by molar-refractivity contribution is 0.591. The molecule has 1 aliphatic heterocycles. The molecule has 1 fully saturated rings. The fourth-order valence-corrected chi connectivity index (χ4v) is 3.65. The monoisotopic (exact) mass is 261 g/mol. The van der Waals surface area contributed by atoms with E-state index in [4.69, 9.17) is 11.6 Å². The molecule has 0 aromatic carbocycles. The Morgan fingerprint density at radius 3 is 2.94 bits per heavy atom. The molecule has 16 heavy (non-hydrogen) atoms. The Bertz CT molecular complexity index is 477. The maximum Gasteiger partial charge on any atom is 0.154 e. The SMILES string of the molecule is O=S1(=O)CCCC1CNc1cc(Cl)ncn1. The Hall–Kier alpha value is -0.880. The molecule has 1 N–H and O–H groups in total. The summed E-state index contributed by atoms with van der Waals surface area (Å²) >= 11 is 5.69. The number of sulfone groups is 1. The zero-order valence-corrected chi connectivity index (χ0v) is 10.1. The van der Waals surface area contributed by atoms with Crippen molar-refractivity contribution in [3.63, 3.8) is 0 Å². The van der Waals surface area contributed by atoms with Gasteiger partial charge in [0.1, 0.15) is 17.3 Å². The van der Waals surface area contributed by atoms with Crippen molar-refractivity contribution in [2.45, 2.75) is 18.1 Å². The lowest BCUT2D eigenvalue weighted by Crippen LogP contribution is -2.25. The standard InChI is InChI=1S/C9H12ClN3O2S/c10-8-4-9(13-6-12-8)11-5-7-2-1-3-16(7,14)15/h4,6-7H,1-3,5H2,(H,11,12,13). The molecule has 88 valence electrons. The summed E-state index contributed by atoms with van der Waals surface area (Å²) in [6.07, 6.45) is 2.81. The third-order valence-corrected chi connectivity index (χ3v) is 5.09. The van der Waals surface area contributed by atoms with Crippen LogP contribution in [0.15, 0.2) is 12.4 Å². The van der Waals surface area contributed by atoms with E-state index in [0.717, 1.165) is 6.42 Å². The molecule has 1 atom stereocenters. The van der Waals surface area contributed by atoms with Gasteiger partial charge in [-0.05, 0) is 12.8 Å². The summed E-state index contributed by atoms with van der Waals surface area (Å²) in [5, 5.41) is 3.00. The van der Waals surface area contributed by atoms with E-state index in [9.17, 15) is 8.42 Å². The molecule has 2 rings (SSSR count). The van der Waals surface area contributed by atoms with E-state index >= 15 is 0 Å². The average Bonchev–Trinajstić information content (AvgIpc) is 2.55. The largest absolute Gasteiger partial charge is 0.369 e. The van der Waals surface area contributed by atoms with Gasteiger partial charge >= 0.3 is 0 Å². The van der Waals surface area contributed by atoms with Crippen molar-refractivity contribution in [1.82, 2.24) is 9.97 Å². The molecule has 0 amide bonds. The van der Waals surface area contributed by atoms with Crippen molar-refractivity contribution >= 4 is 27.3 Å². The van der Waals surface area contributed by atoms with Crippen LogP contribution in [0, 0.1) is 0 Å². The van der Waals surface area contributed by atoms with Crippen molar-refractivity contribution in [1.29, 1.82) is 0 Å². The van der Waals surface area contributed by atoms with Crippen LogP contribution in [0.3, 0.4) is 0 Å². The first-order chi connectivity index (χ1) is 7.58. The summed E-state index contributed by atoms with van der Waals surface area (Å²) in [6.45, 7) is 0.385. The van der Waals surface area contributed by atoms with Crippen LogP contribution in [0.25, 0.3) is 0 Å². The van der Waals surface area contributed by atoms with Crippen molar-refractivity contribution in [2.75, 3.05) is 17.6 Å². The topological polar surface area (TPSA) is 72.0 Å². The van der Waals surface area contributed by atoms with E-state index < -0.39 is 9.84 Å². The number of aromatic nitrogens is 2. The first-order valence-electron chi connectivity index (χ1n) is 5.01. The highest BCUT2D eigenvalue weighted by atomic mass is 35.5. The Kier molecular flexibility index (Phi) is 3.30. The van der Waals surface area contributed by atoms with E-state index in [2.05, 4.69) is 15.3 Å². The van der Waals surface area contributed by atoms with Gasteiger partial charge in [0.15, 0.2) is 9.84 Å². The van der Waals surface area contributed by atoms with E-state index in [1.165, 1.54) is 6.33 Å². The molecule has 1 unspecified atom stereocenters. The Morgan fingerprint density at radius 1 is 1.50 bits per heavy atom. The molecule has 7 heteroatoms. The van der Waals surface area contributed by atoms with Crippen molar-refractivity contribution in [2.24, 2.45) is 0 Å². The minimum absolute atomic E-state index is 0.296. The summed E-state index contributed by atoms with van der Waals surface area (Å²) in [5.41, 5.74) is 0. The lowest BCUT2D eigenvalue weighted by Gasteiger charge is -2.10. The molecule has 0 bridgehead atoms. The van der Waals surface area contributed by atoms with Gasteiger partial charge in [-0.15, -0.1) is 0 Å². The molecule has 5 nitrogen and oxygen atoms in total. The van der Waals surface area contributed by atoms with Gasteiger partial charge in [-0.3, -0.25) is 0 Å². The molecule has 0 saturated carbocycles. The van der Waals surface area contributed by atoms with E-state index in [0.29, 0.717) is 29.7 Å². The van der Waals surface area contributed by atoms with Crippen LogP contribution in [-0.2, 0) is 9.84 Å². The highest BCUT2D eigenvalue weighted by molar-refractivity contribution is 7.92. The predicted molar refractivity (Wildman–Crippen MR) is 62.3 cm³/mol. The van der Waals surface area contributed by atoms with Crippen LogP contribution in [0.5, 0.6) is 0 Å². The van der Waals surface area contributed by atoms with Crippen LogP contribution >= 0.6 is 11.6 Å². The number of hydrogen-bond donors (Lipinski definition) is 1. The zero-order chi connectivity index (χ0) is 11.6. The minimum Gasteiger partial charge on any atom is -0.369 e. The van der Waals surface area contributed by atoms with Gasteiger partial charge in [0.05, 0.1) is 11.0 Å². The Balaban J connectivity index is 1.98. The van der Waals surface area contributed by atoms with Crippen LogP contribution in [0.2, 0.25) is 5.15 Å².